The van der Waals surface area contributed by atoms with Crippen LogP contribution in [0, 0.1) is 0 Å². The summed E-state index contributed by atoms with van der Waals surface area (Å²) < 4.78 is 20.4. The van der Waals surface area contributed by atoms with Crippen LogP contribution in [0.5, 0.6) is 0 Å². The molecular formula is C38H34ClFN4O3. The third-order valence-corrected chi connectivity index (χ3v) is 8.55. The zero-order chi connectivity index (χ0) is 33.0. The molecule has 0 saturated carbocycles. The zero-order valence-electron chi connectivity index (χ0n) is 25.9. The monoisotopic (exact) mass is 648 g/mol. The summed E-state index contributed by atoms with van der Waals surface area (Å²) in [6.45, 7) is 2.64. The van der Waals surface area contributed by atoms with E-state index in [-0.39, 0.29) is 18.4 Å². The van der Waals surface area contributed by atoms with Gasteiger partial charge in [0.05, 0.1) is 6.54 Å². The Bertz CT molecular complexity index is 1920. The van der Waals surface area contributed by atoms with Crippen molar-refractivity contribution in [1.82, 2.24) is 15.2 Å². The van der Waals surface area contributed by atoms with Crippen molar-refractivity contribution in [2.45, 2.75) is 32.0 Å². The number of nitrogens with zero attached hydrogens (tertiary/aromatic N) is 2. The summed E-state index contributed by atoms with van der Waals surface area (Å²) in [7, 11) is 0. The lowest BCUT2D eigenvalue weighted by atomic mass is 9.93. The fourth-order valence-corrected chi connectivity index (χ4v) is 5.73. The largest absolute Gasteiger partial charge is 0.459 e. The van der Waals surface area contributed by atoms with E-state index in [1.807, 2.05) is 72.8 Å². The van der Waals surface area contributed by atoms with Crippen LogP contribution in [0.25, 0.3) is 39.7 Å². The topological polar surface area (TPSA) is 101 Å². The van der Waals surface area contributed by atoms with Crippen LogP contribution in [0.15, 0.2) is 108 Å². The van der Waals surface area contributed by atoms with Gasteiger partial charge in [0.1, 0.15) is 23.0 Å². The van der Waals surface area contributed by atoms with Crippen LogP contribution in [0.4, 0.5) is 10.2 Å². The van der Waals surface area contributed by atoms with Crippen molar-refractivity contribution in [2.75, 3.05) is 18.8 Å². The molecule has 2 aromatic heterocycles. The molecule has 1 aliphatic rings. The second-order valence-corrected chi connectivity index (χ2v) is 12.3. The molecule has 0 atom stereocenters. The van der Waals surface area contributed by atoms with E-state index < -0.39 is 5.67 Å². The minimum atomic E-state index is -1.21. The van der Waals surface area contributed by atoms with Gasteiger partial charge in [-0.05, 0) is 114 Å². The molecular weight excluding hydrogens is 615 g/mol. The van der Waals surface area contributed by atoms with Gasteiger partial charge in [0, 0.05) is 41.5 Å². The molecule has 0 bridgehead atoms. The maximum atomic E-state index is 14.2. The zero-order valence-corrected chi connectivity index (χ0v) is 26.6. The van der Waals surface area contributed by atoms with E-state index in [2.05, 4.69) is 16.4 Å². The number of pyridine rings is 1. The van der Waals surface area contributed by atoms with E-state index in [1.165, 1.54) is 6.08 Å². The number of likely N-dealkylation sites (tertiary alicyclic amines) is 1. The molecule has 1 fully saturated rings. The lowest BCUT2D eigenvalue weighted by Gasteiger charge is -2.34. The molecule has 1 saturated heterocycles. The van der Waals surface area contributed by atoms with E-state index in [0.717, 1.165) is 33.4 Å². The molecule has 1 aliphatic heterocycles. The van der Waals surface area contributed by atoms with Gasteiger partial charge in [-0.2, -0.15) is 0 Å². The average molecular weight is 649 g/mol. The Hall–Kier alpha value is -5.21. The highest BCUT2D eigenvalue weighted by atomic mass is 35.5. The van der Waals surface area contributed by atoms with Crippen molar-refractivity contribution in [1.29, 1.82) is 0 Å². The molecule has 238 valence electrons. The van der Waals surface area contributed by atoms with Crippen molar-refractivity contribution in [2.24, 2.45) is 0 Å². The summed E-state index contributed by atoms with van der Waals surface area (Å²) in [6, 6.07) is 28.4. The summed E-state index contributed by atoms with van der Waals surface area (Å²) >= 11 is 6.39. The lowest BCUT2D eigenvalue weighted by molar-refractivity contribution is -0.116. The average Bonchev–Trinajstić information content (AvgIpc) is 3.55. The minimum absolute atomic E-state index is 0.0815. The molecule has 6 rings (SSSR count). The molecule has 0 unspecified atom stereocenters. The fraction of sp³-hybridized carbons (Fsp3) is 0.184. The highest BCUT2D eigenvalue weighted by Gasteiger charge is 2.31. The molecule has 47 heavy (non-hydrogen) atoms. The number of benzene rings is 3. The van der Waals surface area contributed by atoms with Crippen LogP contribution in [-0.4, -0.2) is 40.5 Å². The van der Waals surface area contributed by atoms with Gasteiger partial charge >= 0.3 is 0 Å². The smallest absolute Gasteiger partial charge is 0.253 e. The van der Waals surface area contributed by atoms with Crippen molar-refractivity contribution in [3.05, 3.63) is 125 Å². The Labute approximate surface area is 277 Å². The number of halogens is 2. The number of hydrogen-bond acceptors (Lipinski definition) is 5. The third kappa shape index (κ3) is 7.79. The molecule has 2 amide bonds. The number of aromatic nitrogens is 1. The lowest BCUT2D eigenvalue weighted by Crippen LogP contribution is -2.43. The Morgan fingerprint density at radius 2 is 1.72 bits per heavy atom. The fourth-order valence-electron chi connectivity index (χ4n) is 5.54. The standard InChI is InChI=1S/C38H34ClFN4O3/c1-38(40)17-19-44(20-18-38)37(46)27-9-7-26(8-10-27)28-11-13-32(33(22-28)29-3-2-4-30(39)21-29)34-14-12-31(47-34)24-43-36(45)16-6-25-5-15-35(41)42-23-25/h2-16,21-23H,17-20,24H2,1H3,(H2,41,42)(H,43,45)/b16-6+. The first kappa shape index (κ1) is 31.8. The number of nitrogens with one attached hydrogen (secondary N) is 1. The van der Waals surface area contributed by atoms with Crippen LogP contribution < -0.4 is 11.1 Å². The minimum Gasteiger partial charge on any atom is -0.459 e. The number of piperidine rings is 1. The third-order valence-electron chi connectivity index (χ3n) is 8.31. The van der Waals surface area contributed by atoms with Crippen molar-refractivity contribution < 1.29 is 18.4 Å². The first-order valence-corrected chi connectivity index (χ1v) is 15.8. The summed E-state index contributed by atoms with van der Waals surface area (Å²) in [5.74, 6) is 1.31. The maximum Gasteiger partial charge on any atom is 0.253 e. The summed E-state index contributed by atoms with van der Waals surface area (Å²) in [5, 5.41) is 3.45. The van der Waals surface area contributed by atoms with Crippen LogP contribution in [0.3, 0.4) is 0 Å². The number of amides is 2. The van der Waals surface area contributed by atoms with Crippen LogP contribution in [0.1, 0.15) is 41.4 Å². The van der Waals surface area contributed by atoms with Crippen LogP contribution >= 0.6 is 11.6 Å². The second kappa shape index (κ2) is 13.6. The Balaban J connectivity index is 1.20. The second-order valence-electron chi connectivity index (χ2n) is 11.9. The number of rotatable bonds is 8. The summed E-state index contributed by atoms with van der Waals surface area (Å²) in [5.41, 5.74) is 10.3. The van der Waals surface area contributed by atoms with Gasteiger partial charge in [-0.25, -0.2) is 9.37 Å². The van der Waals surface area contributed by atoms with E-state index in [4.69, 9.17) is 21.8 Å². The summed E-state index contributed by atoms with van der Waals surface area (Å²) in [4.78, 5) is 31.2. The number of hydrogen-bond donors (Lipinski definition) is 2. The Kier molecular flexibility index (Phi) is 9.22. The molecule has 3 N–H and O–H groups in total. The number of carbonyl (C=O) groups is 2. The number of anilines is 1. The highest BCUT2D eigenvalue weighted by molar-refractivity contribution is 6.30. The van der Waals surface area contributed by atoms with E-state index >= 15 is 0 Å². The molecule has 7 nitrogen and oxygen atoms in total. The number of nitrogen functional groups attached to an aromatic ring is 1. The number of alkyl halides is 1. The Morgan fingerprint density at radius 1 is 0.957 bits per heavy atom. The van der Waals surface area contributed by atoms with Crippen molar-refractivity contribution in [3.8, 4) is 33.6 Å². The number of furan rings is 1. The summed E-state index contributed by atoms with van der Waals surface area (Å²) in [6.07, 6.45) is 5.39. The van der Waals surface area contributed by atoms with Crippen LogP contribution in [0.2, 0.25) is 5.02 Å². The van der Waals surface area contributed by atoms with Gasteiger partial charge in [-0.3, -0.25) is 9.59 Å². The van der Waals surface area contributed by atoms with Crippen molar-refractivity contribution in [3.63, 3.8) is 0 Å². The normalized spacial score (nSPS) is 14.3. The van der Waals surface area contributed by atoms with Crippen molar-refractivity contribution >= 4 is 35.3 Å². The molecule has 5 aromatic rings. The number of nitrogens with two attached hydrogens (primary N) is 1. The predicted molar refractivity (Wildman–Crippen MR) is 184 cm³/mol. The van der Waals surface area contributed by atoms with E-state index in [1.54, 1.807) is 36.2 Å². The molecule has 0 radical (unpaired) electrons. The molecule has 0 aliphatic carbocycles. The maximum absolute atomic E-state index is 14.2. The van der Waals surface area contributed by atoms with Gasteiger partial charge in [0.25, 0.3) is 5.91 Å². The first-order valence-electron chi connectivity index (χ1n) is 15.4. The highest BCUT2D eigenvalue weighted by Crippen LogP contribution is 2.37. The van der Waals surface area contributed by atoms with E-state index in [0.29, 0.717) is 53.9 Å². The molecule has 3 heterocycles. The Morgan fingerprint density at radius 3 is 2.45 bits per heavy atom. The molecule has 9 heteroatoms. The SMILES string of the molecule is CC1(F)CCN(C(=O)c2ccc(-c3ccc(-c4ccc(CNC(=O)/C=C/c5ccc(N)nc5)o4)c(-c4cccc(Cl)c4)c3)cc2)CC1. The predicted octanol–water partition coefficient (Wildman–Crippen LogP) is 8.21. The van der Waals surface area contributed by atoms with Gasteiger partial charge in [0.2, 0.25) is 5.91 Å². The van der Waals surface area contributed by atoms with Gasteiger partial charge in [0.15, 0.2) is 0 Å². The van der Waals surface area contributed by atoms with E-state index in [9.17, 15) is 14.0 Å². The van der Waals surface area contributed by atoms with Gasteiger partial charge in [-0.15, -0.1) is 0 Å². The first-order chi connectivity index (χ1) is 22.6. The quantitative estimate of drug-likeness (QED) is 0.165. The van der Waals surface area contributed by atoms with Crippen LogP contribution in [-0.2, 0) is 11.3 Å². The molecule has 0 spiro atoms. The van der Waals surface area contributed by atoms with Gasteiger partial charge < -0.3 is 20.4 Å². The molecule has 3 aromatic carbocycles. The number of carbonyl (C=O) groups excluding carboxylic acids is 2. The van der Waals surface area contributed by atoms with Gasteiger partial charge in [-0.1, -0.05) is 41.9 Å².